The maximum absolute atomic E-state index is 12.5. The molecule has 0 saturated carbocycles. The van der Waals surface area contributed by atoms with Crippen molar-refractivity contribution in [1.29, 1.82) is 0 Å². The third-order valence-electron chi connectivity index (χ3n) is 3.99. The fourth-order valence-electron chi connectivity index (χ4n) is 2.66. The summed E-state index contributed by atoms with van der Waals surface area (Å²) in [7, 11) is 0. The van der Waals surface area contributed by atoms with Crippen LogP contribution in [-0.4, -0.2) is 15.9 Å². The van der Waals surface area contributed by atoms with Crippen LogP contribution in [0.25, 0.3) is 11.4 Å². The van der Waals surface area contributed by atoms with Crippen molar-refractivity contribution < 1.29 is 22.5 Å². The minimum Gasteiger partial charge on any atom is -0.387 e. The molecule has 0 saturated heterocycles. The molecule has 1 atom stereocenters. The first-order chi connectivity index (χ1) is 12.5. The molecule has 26 heavy (non-hydrogen) atoms. The molecule has 0 aliphatic carbocycles. The Morgan fingerprint density at radius 1 is 0.923 bits per heavy atom. The molecule has 1 aliphatic heterocycles. The zero-order valence-corrected chi connectivity index (χ0v) is 13.3. The predicted molar refractivity (Wildman–Crippen MR) is 86.2 cm³/mol. The summed E-state index contributed by atoms with van der Waals surface area (Å²) in [6.07, 6.45) is -4.28. The lowest BCUT2D eigenvalue weighted by atomic mass is 9.99. The fraction of sp³-hybridized carbons (Fsp3) is 0.167. The largest absolute Gasteiger partial charge is 0.471 e. The van der Waals surface area contributed by atoms with Gasteiger partial charge in [-0.2, -0.15) is 18.2 Å². The van der Waals surface area contributed by atoms with Crippen LogP contribution in [0.1, 0.15) is 29.5 Å². The molecule has 0 amide bonds. The molecule has 0 radical (unpaired) electrons. The summed E-state index contributed by atoms with van der Waals surface area (Å²) >= 11 is 0. The molecule has 1 aliphatic rings. The molecular formula is C18H12F3N3O2. The molecule has 0 N–H and O–H groups in total. The second kappa shape index (κ2) is 6.29. The van der Waals surface area contributed by atoms with Crippen molar-refractivity contribution in [2.24, 2.45) is 5.16 Å². The standard InChI is InChI=1S/C18H12F3N3O2/c19-18(20,21)17-22-16(24-26-17)13-8-6-12(7-9-13)15-10-14(23-25-15)11-4-2-1-3-5-11/h1-9,15H,10H2. The van der Waals surface area contributed by atoms with Crippen LogP contribution >= 0.6 is 0 Å². The Kier molecular flexibility index (Phi) is 3.95. The van der Waals surface area contributed by atoms with E-state index in [-0.39, 0.29) is 11.9 Å². The summed E-state index contributed by atoms with van der Waals surface area (Å²) in [6, 6.07) is 16.5. The molecular weight excluding hydrogens is 347 g/mol. The van der Waals surface area contributed by atoms with E-state index < -0.39 is 12.1 Å². The van der Waals surface area contributed by atoms with Gasteiger partial charge in [-0.1, -0.05) is 64.9 Å². The van der Waals surface area contributed by atoms with Crippen molar-refractivity contribution in [1.82, 2.24) is 10.1 Å². The Morgan fingerprint density at radius 2 is 1.65 bits per heavy atom. The minimum absolute atomic E-state index is 0.113. The van der Waals surface area contributed by atoms with Crippen molar-refractivity contribution in [3.63, 3.8) is 0 Å². The normalized spacial score (nSPS) is 17.0. The molecule has 0 fully saturated rings. The van der Waals surface area contributed by atoms with Crippen molar-refractivity contribution in [3.8, 4) is 11.4 Å². The first-order valence-corrected chi connectivity index (χ1v) is 7.80. The quantitative estimate of drug-likeness (QED) is 0.685. The van der Waals surface area contributed by atoms with E-state index in [0.29, 0.717) is 12.0 Å². The van der Waals surface area contributed by atoms with Crippen LogP contribution in [0.15, 0.2) is 64.3 Å². The highest BCUT2D eigenvalue weighted by Gasteiger charge is 2.38. The number of rotatable bonds is 3. The minimum atomic E-state index is -4.66. The smallest absolute Gasteiger partial charge is 0.387 e. The summed E-state index contributed by atoms with van der Waals surface area (Å²) < 4.78 is 41.9. The summed E-state index contributed by atoms with van der Waals surface area (Å²) in [5, 5.41) is 7.50. The van der Waals surface area contributed by atoms with Crippen LogP contribution in [-0.2, 0) is 11.0 Å². The van der Waals surface area contributed by atoms with Gasteiger partial charge in [0.15, 0.2) is 6.10 Å². The lowest BCUT2D eigenvalue weighted by molar-refractivity contribution is -0.159. The monoisotopic (exact) mass is 359 g/mol. The zero-order valence-electron chi connectivity index (χ0n) is 13.3. The Hall–Kier alpha value is -3.16. The molecule has 4 rings (SSSR count). The van der Waals surface area contributed by atoms with Crippen LogP contribution < -0.4 is 0 Å². The van der Waals surface area contributed by atoms with Gasteiger partial charge in [0.2, 0.25) is 5.82 Å². The molecule has 0 spiro atoms. The predicted octanol–water partition coefficient (Wildman–Crippen LogP) is 4.62. The number of benzene rings is 2. The molecule has 0 bridgehead atoms. The van der Waals surface area contributed by atoms with E-state index in [9.17, 15) is 13.2 Å². The lowest BCUT2D eigenvalue weighted by Gasteiger charge is -2.08. The summed E-state index contributed by atoms with van der Waals surface area (Å²) in [5.41, 5.74) is 3.14. The maximum Gasteiger partial charge on any atom is 0.471 e. The fourth-order valence-corrected chi connectivity index (χ4v) is 2.66. The Balaban J connectivity index is 1.48. The van der Waals surface area contributed by atoms with Gasteiger partial charge in [0.25, 0.3) is 0 Å². The van der Waals surface area contributed by atoms with Crippen molar-refractivity contribution in [3.05, 3.63) is 71.6 Å². The van der Waals surface area contributed by atoms with Gasteiger partial charge in [-0.25, -0.2) is 0 Å². The molecule has 8 heteroatoms. The molecule has 2 aromatic carbocycles. The average molecular weight is 359 g/mol. The molecule has 132 valence electrons. The number of halogens is 3. The van der Waals surface area contributed by atoms with Gasteiger partial charge < -0.3 is 9.36 Å². The second-order valence-corrected chi connectivity index (χ2v) is 5.75. The first-order valence-electron chi connectivity index (χ1n) is 7.80. The van der Waals surface area contributed by atoms with Crippen molar-refractivity contribution in [2.45, 2.75) is 18.7 Å². The second-order valence-electron chi connectivity index (χ2n) is 5.75. The van der Waals surface area contributed by atoms with E-state index in [0.717, 1.165) is 16.8 Å². The van der Waals surface area contributed by atoms with Crippen LogP contribution in [0.3, 0.4) is 0 Å². The Bertz CT molecular complexity index is 934. The molecule has 5 nitrogen and oxygen atoms in total. The van der Waals surface area contributed by atoms with Crippen LogP contribution in [0, 0.1) is 0 Å². The van der Waals surface area contributed by atoms with E-state index in [2.05, 4.69) is 19.8 Å². The summed E-state index contributed by atoms with van der Waals surface area (Å²) in [4.78, 5) is 8.86. The highest BCUT2D eigenvalue weighted by Crippen LogP contribution is 2.32. The maximum atomic E-state index is 12.5. The van der Waals surface area contributed by atoms with Gasteiger partial charge in [0.05, 0.1) is 5.71 Å². The Morgan fingerprint density at radius 3 is 2.31 bits per heavy atom. The van der Waals surface area contributed by atoms with Gasteiger partial charge in [-0.05, 0) is 11.1 Å². The van der Waals surface area contributed by atoms with Crippen LogP contribution in [0.2, 0.25) is 0 Å². The first kappa shape index (κ1) is 16.3. The van der Waals surface area contributed by atoms with Gasteiger partial charge in [0, 0.05) is 12.0 Å². The van der Waals surface area contributed by atoms with Crippen molar-refractivity contribution >= 4 is 5.71 Å². The molecule has 2 heterocycles. The third-order valence-corrected chi connectivity index (χ3v) is 3.99. The number of hydrogen-bond donors (Lipinski definition) is 0. The Labute approximate surface area is 146 Å². The topological polar surface area (TPSA) is 60.5 Å². The number of oxime groups is 1. The van der Waals surface area contributed by atoms with Crippen molar-refractivity contribution in [2.75, 3.05) is 0 Å². The number of hydrogen-bond acceptors (Lipinski definition) is 5. The van der Waals surface area contributed by atoms with E-state index in [1.165, 1.54) is 0 Å². The van der Waals surface area contributed by atoms with E-state index in [1.54, 1.807) is 24.3 Å². The van der Waals surface area contributed by atoms with E-state index in [4.69, 9.17) is 4.84 Å². The van der Waals surface area contributed by atoms with Gasteiger partial charge in [-0.15, -0.1) is 0 Å². The lowest BCUT2D eigenvalue weighted by Crippen LogP contribution is -2.04. The van der Waals surface area contributed by atoms with Crippen LogP contribution in [0.5, 0.6) is 0 Å². The van der Waals surface area contributed by atoms with Gasteiger partial charge in [-0.3, -0.25) is 0 Å². The highest BCUT2D eigenvalue weighted by atomic mass is 19.4. The molecule has 3 aromatic rings. The van der Waals surface area contributed by atoms with Gasteiger partial charge >= 0.3 is 12.1 Å². The van der Waals surface area contributed by atoms with E-state index >= 15 is 0 Å². The summed E-state index contributed by atoms with van der Waals surface area (Å²) in [6.45, 7) is 0. The molecule has 1 unspecified atom stereocenters. The van der Waals surface area contributed by atoms with Crippen LogP contribution in [0.4, 0.5) is 13.2 Å². The number of aromatic nitrogens is 2. The zero-order chi connectivity index (χ0) is 18.1. The number of nitrogens with zero attached hydrogens (tertiary/aromatic N) is 3. The number of alkyl halides is 3. The third kappa shape index (κ3) is 3.17. The van der Waals surface area contributed by atoms with Gasteiger partial charge in [0.1, 0.15) is 0 Å². The SMILES string of the molecule is FC(F)(F)c1nc(-c2ccc(C3CC(c4ccccc4)=NO3)cc2)no1. The highest BCUT2D eigenvalue weighted by molar-refractivity contribution is 6.01. The summed E-state index contributed by atoms with van der Waals surface area (Å²) in [5.74, 6) is -1.48. The average Bonchev–Trinajstić information content (AvgIpc) is 3.32. The van der Waals surface area contributed by atoms with E-state index in [1.807, 2.05) is 30.3 Å². The molecule has 1 aromatic heterocycles.